The molecule has 2 atom stereocenters. The van der Waals surface area contributed by atoms with Gasteiger partial charge in [0, 0.05) is 38.4 Å². The van der Waals surface area contributed by atoms with Crippen molar-refractivity contribution in [2.75, 3.05) is 39.3 Å². The highest BCUT2D eigenvalue weighted by Crippen LogP contribution is 2.19. The number of nitrogens with zero attached hydrogens (tertiary/aromatic N) is 5. The molecule has 1 saturated heterocycles. The number of piperazine rings is 1. The quantitative estimate of drug-likeness (QED) is 0.677. The van der Waals surface area contributed by atoms with Crippen LogP contribution in [0.2, 0.25) is 0 Å². The monoisotopic (exact) mass is 425 g/mol. The summed E-state index contributed by atoms with van der Waals surface area (Å²) in [6, 6.07) is 4.25. The molecule has 3 rings (SSSR count). The molecule has 3 heterocycles. The Hall–Kier alpha value is -3.04. The van der Waals surface area contributed by atoms with Crippen LogP contribution in [-0.4, -0.2) is 84.3 Å². The maximum atomic E-state index is 11.7. The van der Waals surface area contributed by atoms with Crippen molar-refractivity contribution in [3.05, 3.63) is 42.3 Å². The maximum absolute atomic E-state index is 11.7. The number of hydrogen-bond acceptors (Lipinski definition) is 8. The third-order valence-corrected chi connectivity index (χ3v) is 5.31. The molecule has 0 radical (unpaired) electrons. The van der Waals surface area contributed by atoms with Gasteiger partial charge in [-0.1, -0.05) is 12.2 Å². The van der Waals surface area contributed by atoms with Crippen LogP contribution in [0.3, 0.4) is 0 Å². The predicted octanol–water partition coefficient (Wildman–Crippen LogP) is 0.948. The molecule has 1 amide bonds. The Morgan fingerprint density at radius 3 is 2.81 bits per heavy atom. The second-order valence-corrected chi connectivity index (χ2v) is 7.56. The van der Waals surface area contributed by atoms with E-state index in [1.807, 2.05) is 48.4 Å². The van der Waals surface area contributed by atoms with E-state index >= 15 is 0 Å². The van der Waals surface area contributed by atoms with Crippen molar-refractivity contribution < 1.29 is 9.53 Å². The first-order valence-electron chi connectivity index (χ1n) is 10.5. The van der Waals surface area contributed by atoms with Crippen LogP contribution in [0.25, 0.3) is 5.57 Å². The van der Waals surface area contributed by atoms with E-state index < -0.39 is 0 Å². The number of aliphatic imine (C=N–C) groups is 2. The smallest absolute Gasteiger partial charge is 0.282 e. The van der Waals surface area contributed by atoms with Gasteiger partial charge in [-0.3, -0.25) is 19.7 Å². The first kappa shape index (κ1) is 22.6. The molecule has 0 aliphatic carbocycles. The molecule has 2 unspecified atom stereocenters. The summed E-state index contributed by atoms with van der Waals surface area (Å²) < 4.78 is 5.44. The molecule has 2 aliphatic heterocycles. The molecule has 0 aromatic carbocycles. The highest BCUT2D eigenvalue weighted by Gasteiger charge is 2.22. The number of hydrogen-bond donors (Lipinski definition) is 2. The van der Waals surface area contributed by atoms with Gasteiger partial charge in [0.1, 0.15) is 6.10 Å². The number of aromatic nitrogens is 1. The number of rotatable bonds is 5. The van der Waals surface area contributed by atoms with Crippen LogP contribution >= 0.6 is 0 Å². The molecule has 2 aliphatic rings. The number of ether oxygens (including phenoxy) is 1. The van der Waals surface area contributed by atoms with Crippen molar-refractivity contribution in [1.29, 1.82) is 0 Å². The highest BCUT2D eigenvalue weighted by atomic mass is 16.5. The minimum absolute atomic E-state index is 0.00858. The fourth-order valence-electron chi connectivity index (χ4n) is 3.43. The normalized spacial score (nSPS) is 23.2. The largest absolute Gasteiger partial charge is 0.458 e. The third-order valence-electron chi connectivity index (χ3n) is 5.31. The average Bonchev–Trinajstić information content (AvgIpc) is 2.87. The summed E-state index contributed by atoms with van der Waals surface area (Å²) in [6.07, 6.45) is 9.39. The molecule has 4 N–H and O–H groups in total. The number of pyridine rings is 1. The second-order valence-electron chi connectivity index (χ2n) is 7.56. The topological polar surface area (TPSA) is 122 Å². The number of amides is 1. The van der Waals surface area contributed by atoms with E-state index in [1.54, 1.807) is 6.20 Å². The summed E-state index contributed by atoms with van der Waals surface area (Å²) in [5.74, 6) is 0.00858. The zero-order chi connectivity index (χ0) is 22.2. The Bertz CT molecular complexity index is 868. The first-order valence-corrected chi connectivity index (χ1v) is 10.5. The predicted molar refractivity (Wildman–Crippen MR) is 123 cm³/mol. The van der Waals surface area contributed by atoms with Crippen LogP contribution in [0.15, 0.2) is 46.5 Å². The number of allylic oxidation sites excluding steroid dienone is 2. The van der Waals surface area contributed by atoms with Gasteiger partial charge in [0.05, 0.1) is 30.7 Å². The van der Waals surface area contributed by atoms with Crippen molar-refractivity contribution in [3.8, 4) is 0 Å². The molecule has 1 aromatic heterocycles. The lowest BCUT2D eigenvalue weighted by Gasteiger charge is -2.36. The lowest BCUT2D eigenvalue weighted by Crippen LogP contribution is -2.52. The summed E-state index contributed by atoms with van der Waals surface area (Å²) in [5, 5.41) is 0. The Morgan fingerprint density at radius 1 is 1.35 bits per heavy atom. The second kappa shape index (κ2) is 10.8. The van der Waals surface area contributed by atoms with Crippen molar-refractivity contribution in [3.63, 3.8) is 0 Å². The Balaban J connectivity index is 1.59. The fourth-order valence-corrected chi connectivity index (χ4v) is 3.43. The SMILES string of the molecule is CC1C=C/C(c2ccc(N=CC(C)N3CCN(C(=O)CN)CC3)cn2)=C\CN=C(N)O1. The van der Waals surface area contributed by atoms with E-state index in [9.17, 15) is 4.79 Å². The van der Waals surface area contributed by atoms with Crippen molar-refractivity contribution in [2.45, 2.75) is 26.0 Å². The number of carbonyl (C=O) groups is 1. The summed E-state index contributed by atoms with van der Waals surface area (Å²) in [6.45, 7) is 7.54. The molecule has 166 valence electrons. The Kier molecular flexibility index (Phi) is 7.91. The maximum Gasteiger partial charge on any atom is 0.282 e. The van der Waals surface area contributed by atoms with Gasteiger partial charge >= 0.3 is 0 Å². The third kappa shape index (κ3) is 6.47. The molecule has 0 saturated carbocycles. The van der Waals surface area contributed by atoms with E-state index in [2.05, 4.69) is 26.8 Å². The van der Waals surface area contributed by atoms with Crippen LogP contribution in [0, 0.1) is 0 Å². The first-order chi connectivity index (χ1) is 15.0. The molecule has 1 aromatic rings. The summed E-state index contributed by atoms with van der Waals surface area (Å²) >= 11 is 0. The van der Waals surface area contributed by atoms with Crippen LogP contribution in [0.5, 0.6) is 0 Å². The van der Waals surface area contributed by atoms with E-state index in [-0.39, 0.29) is 30.6 Å². The summed E-state index contributed by atoms with van der Waals surface area (Å²) in [4.78, 5) is 29.1. The van der Waals surface area contributed by atoms with Crippen LogP contribution < -0.4 is 11.5 Å². The van der Waals surface area contributed by atoms with E-state index in [4.69, 9.17) is 16.2 Å². The average molecular weight is 426 g/mol. The summed E-state index contributed by atoms with van der Waals surface area (Å²) in [5.41, 5.74) is 13.8. The highest BCUT2D eigenvalue weighted by molar-refractivity contribution is 5.78. The van der Waals surface area contributed by atoms with E-state index in [1.165, 1.54) is 0 Å². The van der Waals surface area contributed by atoms with Gasteiger partial charge in [-0.25, -0.2) is 4.99 Å². The van der Waals surface area contributed by atoms with Gasteiger partial charge in [0.25, 0.3) is 6.02 Å². The molecule has 0 spiro atoms. The number of carbonyl (C=O) groups excluding carboxylic acids is 1. The minimum Gasteiger partial charge on any atom is -0.458 e. The molecular weight excluding hydrogens is 394 g/mol. The van der Waals surface area contributed by atoms with Crippen LogP contribution in [-0.2, 0) is 9.53 Å². The molecule has 0 bridgehead atoms. The summed E-state index contributed by atoms with van der Waals surface area (Å²) in [7, 11) is 0. The van der Waals surface area contributed by atoms with Gasteiger partial charge in [0.2, 0.25) is 5.91 Å². The Labute approximate surface area is 183 Å². The minimum atomic E-state index is -0.161. The lowest BCUT2D eigenvalue weighted by molar-refractivity contribution is -0.131. The van der Waals surface area contributed by atoms with Crippen molar-refractivity contribution in [1.82, 2.24) is 14.8 Å². The zero-order valence-corrected chi connectivity index (χ0v) is 18.1. The molecule has 1 fully saturated rings. The van der Waals surface area contributed by atoms with Crippen LogP contribution in [0.1, 0.15) is 19.5 Å². The van der Waals surface area contributed by atoms with Gasteiger partial charge in [-0.15, -0.1) is 0 Å². The van der Waals surface area contributed by atoms with Crippen molar-refractivity contribution in [2.24, 2.45) is 21.5 Å². The zero-order valence-electron chi connectivity index (χ0n) is 18.1. The number of amidine groups is 1. The standard InChI is InChI=1S/C22H31N7O2/c1-16(28-9-11-29(12-10-28)21(30)13-23)14-26-19-5-6-20(27-15-19)18-4-3-17(2)31-22(24)25-8-7-18/h3-7,14-17H,8-13,23H2,1-2H3,(H2,24,25)/b4-3?,18-7+,26-14?. The van der Waals surface area contributed by atoms with Gasteiger partial charge < -0.3 is 21.1 Å². The van der Waals surface area contributed by atoms with Crippen molar-refractivity contribution >= 4 is 29.4 Å². The van der Waals surface area contributed by atoms with E-state index in [0.717, 1.165) is 30.0 Å². The van der Waals surface area contributed by atoms with Crippen LogP contribution in [0.4, 0.5) is 5.69 Å². The Morgan fingerprint density at radius 2 is 2.13 bits per heavy atom. The lowest BCUT2D eigenvalue weighted by atomic mass is 10.1. The molecule has 31 heavy (non-hydrogen) atoms. The number of nitrogens with two attached hydrogens (primary N) is 2. The van der Waals surface area contributed by atoms with Gasteiger partial charge in [-0.2, -0.15) is 0 Å². The van der Waals surface area contributed by atoms with Gasteiger partial charge in [-0.05, 0) is 37.6 Å². The fraction of sp³-hybridized carbons (Fsp3) is 0.455. The molecule has 9 nitrogen and oxygen atoms in total. The molecular formula is C22H31N7O2. The van der Waals surface area contributed by atoms with E-state index in [0.29, 0.717) is 19.6 Å². The van der Waals surface area contributed by atoms with Gasteiger partial charge in [0.15, 0.2) is 0 Å². The molecule has 9 heteroatoms.